The van der Waals surface area contributed by atoms with E-state index in [0.29, 0.717) is 33.4 Å². The van der Waals surface area contributed by atoms with Crippen LogP contribution in [0.4, 0.5) is 5.69 Å². The van der Waals surface area contributed by atoms with Gasteiger partial charge in [-0.2, -0.15) is 0 Å². The quantitative estimate of drug-likeness (QED) is 0.299. The Labute approximate surface area is 187 Å². The molecule has 0 spiro atoms. The molecule has 2 aromatic heterocycles. The molecule has 2 heterocycles. The van der Waals surface area contributed by atoms with Crippen LogP contribution in [0.25, 0.3) is 21.3 Å². The molecule has 158 valence electrons. The van der Waals surface area contributed by atoms with Gasteiger partial charge >= 0.3 is 0 Å². The number of aromatic amines is 1. The summed E-state index contributed by atoms with van der Waals surface area (Å²) in [4.78, 5) is 33.6. The van der Waals surface area contributed by atoms with E-state index in [-0.39, 0.29) is 11.5 Å². The zero-order valence-electron chi connectivity index (χ0n) is 17.0. The SMILES string of the molecule is CCOc1ccccc1NC(=O)C(C)Sc1nc2scc(-c3ccccc3)c2c(=O)[nH]1. The first-order valence-electron chi connectivity index (χ1n) is 9.83. The summed E-state index contributed by atoms with van der Waals surface area (Å²) in [5.41, 5.74) is 2.25. The minimum atomic E-state index is -0.469. The Kier molecular flexibility index (Phi) is 6.39. The molecule has 1 unspecified atom stereocenters. The fourth-order valence-corrected chi connectivity index (χ4v) is 4.92. The van der Waals surface area contributed by atoms with Crippen molar-refractivity contribution >= 4 is 44.9 Å². The number of ether oxygens (including phenoxy) is 1. The van der Waals surface area contributed by atoms with E-state index in [2.05, 4.69) is 15.3 Å². The molecule has 0 bridgehead atoms. The topological polar surface area (TPSA) is 84.1 Å². The maximum absolute atomic E-state index is 12.8. The van der Waals surface area contributed by atoms with Gasteiger partial charge < -0.3 is 15.0 Å². The Morgan fingerprint density at radius 2 is 1.94 bits per heavy atom. The highest BCUT2D eigenvalue weighted by Gasteiger charge is 2.19. The number of hydrogen-bond acceptors (Lipinski definition) is 6. The van der Waals surface area contributed by atoms with Gasteiger partial charge in [0.2, 0.25) is 5.91 Å². The molecule has 4 aromatic rings. The number of thiophene rings is 1. The van der Waals surface area contributed by atoms with Crippen molar-refractivity contribution < 1.29 is 9.53 Å². The third kappa shape index (κ3) is 4.65. The highest BCUT2D eigenvalue weighted by atomic mass is 32.2. The van der Waals surface area contributed by atoms with Crippen molar-refractivity contribution in [1.82, 2.24) is 9.97 Å². The average molecular weight is 452 g/mol. The number of amides is 1. The lowest BCUT2D eigenvalue weighted by molar-refractivity contribution is -0.115. The van der Waals surface area contributed by atoms with E-state index in [4.69, 9.17) is 4.74 Å². The molecule has 2 aromatic carbocycles. The van der Waals surface area contributed by atoms with E-state index in [0.717, 1.165) is 11.1 Å². The number of aromatic nitrogens is 2. The van der Waals surface area contributed by atoms with Crippen LogP contribution < -0.4 is 15.6 Å². The zero-order valence-corrected chi connectivity index (χ0v) is 18.7. The molecule has 0 saturated heterocycles. The number of thioether (sulfide) groups is 1. The standard InChI is InChI=1S/C23H21N3O3S2/c1-3-29-18-12-8-7-11-17(18)24-20(27)14(2)31-23-25-21(28)19-16(13-30-22(19)26-23)15-9-5-4-6-10-15/h4-14H,3H2,1-2H3,(H,24,27)(H,25,26,28). The minimum Gasteiger partial charge on any atom is -0.492 e. The highest BCUT2D eigenvalue weighted by Crippen LogP contribution is 2.32. The predicted molar refractivity (Wildman–Crippen MR) is 127 cm³/mol. The second-order valence-electron chi connectivity index (χ2n) is 6.75. The van der Waals surface area contributed by atoms with Crippen LogP contribution in [0, 0.1) is 0 Å². The van der Waals surface area contributed by atoms with E-state index in [9.17, 15) is 9.59 Å². The first-order chi connectivity index (χ1) is 15.1. The molecule has 0 aliphatic rings. The number of benzene rings is 2. The summed E-state index contributed by atoms with van der Waals surface area (Å²) in [5.74, 6) is 0.423. The van der Waals surface area contributed by atoms with Gasteiger partial charge in [0.25, 0.3) is 5.56 Å². The third-order valence-corrected chi connectivity index (χ3v) is 6.47. The highest BCUT2D eigenvalue weighted by molar-refractivity contribution is 8.00. The molecule has 0 radical (unpaired) electrons. The summed E-state index contributed by atoms with van der Waals surface area (Å²) in [6, 6.07) is 17.1. The number of para-hydroxylation sites is 2. The number of nitrogens with one attached hydrogen (secondary N) is 2. The lowest BCUT2D eigenvalue weighted by Gasteiger charge is -2.14. The molecule has 0 aliphatic heterocycles. The summed E-state index contributed by atoms with van der Waals surface area (Å²) in [6.45, 7) is 4.18. The van der Waals surface area contributed by atoms with Crippen molar-refractivity contribution in [3.8, 4) is 16.9 Å². The van der Waals surface area contributed by atoms with Crippen LogP contribution in [0.2, 0.25) is 0 Å². The predicted octanol–water partition coefficient (Wildman–Crippen LogP) is 5.17. The van der Waals surface area contributed by atoms with Gasteiger partial charge in [-0.15, -0.1) is 11.3 Å². The second-order valence-corrected chi connectivity index (χ2v) is 8.93. The molecule has 4 rings (SSSR count). The number of carbonyl (C=O) groups excluding carboxylic acids is 1. The van der Waals surface area contributed by atoms with Crippen LogP contribution in [0.1, 0.15) is 13.8 Å². The van der Waals surface area contributed by atoms with Gasteiger partial charge in [-0.05, 0) is 31.5 Å². The molecule has 31 heavy (non-hydrogen) atoms. The molecule has 6 nitrogen and oxygen atoms in total. The molecule has 0 saturated carbocycles. The van der Waals surface area contributed by atoms with Gasteiger partial charge in [-0.25, -0.2) is 4.98 Å². The van der Waals surface area contributed by atoms with Gasteiger partial charge in [-0.1, -0.05) is 54.2 Å². The average Bonchev–Trinajstić information content (AvgIpc) is 3.20. The van der Waals surface area contributed by atoms with E-state index in [1.807, 2.05) is 60.8 Å². The van der Waals surface area contributed by atoms with Crippen molar-refractivity contribution in [3.05, 3.63) is 70.3 Å². The van der Waals surface area contributed by atoms with Gasteiger partial charge in [0.15, 0.2) is 5.16 Å². The maximum Gasteiger partial charge on any atom is 0.260 e. The zero-order chi connectivity index (χ0) is 21.8. The van der Waals surface area contributed by atoms with Gasteiger partial charge in [0, 0.05) is 10.9 Å². The van der Waals surface area contributed by atoms with E-state index in [1.54, 1.807) is 13.0 Å². The summed E-state index contributed by atoms with van der Waals surface area (Å²) in [5, 5.41) is 5.35. The number of anilines is 1. The maximum atomic E-state index is 12.8. The molecule has 1 atom stereocenters. The third-order valence-electron chi connectivity index (χ3n) is 4.61. The summed E-state index contributed by atoms with van der Waals surface area (Å²) in [6.07, 6.45) is 0. The lowest BCUT2D eigenvalue weighted by atomic mass is 10.1. The monoisotopic (exact) mass is 451 g/mol. The Balaban J connectivity index is 1.53. The first kappa shape index (κ1) is 21.1. The number of hydrogen-bond donors (Lipinski definition) is 2. The van der Waals surface area contributed by atoms with Crippen molar-refractivity contribution in [2.24, 2.45) is 0 Å². The number of fused-ring (bicyclic) bond motifs is 1. The summed E-state index contributed by atoms with van der Waals surface area (Å²) >= 11 is 2.63. The number of carbonyl (C=O) groups is 1. The number of rotatable bonds is 7. The van der Waals surface area contributed by atoms with Gasteiger partial charge in [-0.3, -0.25) is 9.59 Å². The van der Waals surface area contributed by atoms with E-state index < -0.39 is 5.25 Å². The van der Waals surface area contributed by atoms with Gasteiger partial charge in [0.1, 0.15) is 10.6 Å². The fourth-order valence-electron chi connectivity index (χ4n) is 3.12. The van der Waals surface area contributed by atoms with Crippen molar-refractivity contribution in [1.29, 1.82) is 0 Å². The second kappa shape index (κ2) is 9.36. The van der Waals surface area contributed by atoms with Crippen LogP contribution in [0.5, 0.6) is 5.75 Å². The van der Waals surface area contributed by atoms with Crippen LogP contribution in [-0.4, -0.2) is 27.7 Å². The summed E-state index contributed by atoms with van der Waals surface area (Å²) < 4.78 is 5.56. The Hall–Kier alpha value is -3.10. The molecule has 2 N–H and O–H groups in total. The largest absolute Gasteiger partial charge is 0.492 e. The number of H-pyrrole nitrogens is 1. The first-order valence-corrected chi connectivity index (χ1v) is 11.6. The molecule has 0 aliphatic carbocycles. The smallest absolute Gasteiger partial charge is 0.260 e. The summed E-state index contributed by atoms with van der Waals surface area (Å²) in [7, 11) is 0. The van der Waals surface area contributed by atoms with Crippen molar-refractivity contribution in [3.63, 3.8) is 0 Å². The Morgan fingerprint density at radius 3 is 2.71 bits per heavy atom. The Bertz CT molecular complexity index is 1270. The van der Waals surface area contributed by atoms with E-state index in [1.165, 1.54) is 23.1 Å². The number of nitrogens with zero attached hydrogens (tertiary/aromatic N) is 1. The molecular formula is C23H21N3O3S2. The van der Waals surface area contributed by atoms with Crippen LogP contribution in [0.3, 0.4) is 0 Å². The minimum absolute atomic E-state index is 0.198. The van der Waals surface area contributed by atoms with Crippen LogP contribution in [0.15, 0.2) is 69.9 Å². The Morgan fingerprint density at radius 1 is 1.19 bits per heavy atom. The van der Waals surface area contributed by atoms with Gasteiger partial charge in [0.05, 0.1) is 22.9 Å². The normalized spacial score (nSPS) is 11.9. The van der Waals surface area contributed by atoms with Crippen LogP contribution >= 0.6 is 23.1 Å². The molecule has 1 amide bonds. The van der Waals surface area contributed by atoms with Crippen molar-refractivity contribution in [2.75, 3.05) is 11.9 Å². The van der Waals surface area contributed by atoms with E-state index >= 15 is 0 Å². The molecular weight excluding hydrogens is 430 g/mol. The van der Waals surface area contributed by atoms with Crippen molar-refractivity contribution in [2.45, 2.75) is 24.3 Å². The molecule has 8 heteroatoms. The van der Waals surface area contributed by atoms with Crippen LogP contribution in [-0.2, 0) is 4.79 Å². The fraction of sp³-hybridized carbons (Fsp3) is 0.174. The molecule has 0 fully saturated rings. The lowest BCUT2D eigenvalue weighted by Crippen LogP contribution is -2.23.